The number of nitrogens with zero attached hydrogens (tertiary/aromatic N) is 2. The highest BCUT2D eigenvalue weighted by atomic mass is 35.5. The van der Waals surface area contributed by atoms with Crippen molar-refractivity contribution in [2.45, 2.75) is 6.42 Å². The number of para-hydroxylation sites is 1. The molecule has 2 aromatic rings. The van der Waals surface area contributed by atoms with Crippen LogP contribution in [0.4, 0.5) is 11.4 Å². The molecule has 33 heavy (non-hydrogen) atoms. The molecule has 2 saturated heterocycles. The van der Waals surface area contributed by atoms with Gasteiger partial charge in [0.05, 0.1) is 30.4 Å². The second kappa shape index (κ2) is 10.8. The van der Waals surface area contributed by atoms with Crippen LogP contribution in [0.1, 0.15) is 16.8 Å². The lowest BCUT2D eigenvalue weighted by Crippen LogP contribution is -2.41. The van der Waals surface area contributed by atoms with Crippen molar-refractivity contribution in [1.29, 1.82) is 0 Å². The van der Waals surface area contributed by atoms with E-state index in [0.717, 1.165) is 19.6 Å². The zero-order chi connectivity index (χ0) is 23.2. The molecule has 174 valence electrons. The monoisotopic (exact) mass is 470 g/mol. The third-order valence-corrected chi connectivity index (χ3v) is 6.13. The van der Waals surface area contributed by atoms with E-state index < -0.39 is 5.92 Å². The molecule has 0 aromatic heterocycles. The molecule has 0 radical (unpaired) electrons. The summed E-state index contributed by atoms with van der Waals surface area (Å²) in [6.07, 6.45) is 0.113. The first kappa shape index (κ1) is 23.2. The summed E-state index contributed by atoms with van der Waals surface area (Å²) in [4.78, 5) is 42.0. The largest absolute Gasteiger partial charge is 0.379 e. The summed E-state index contributed by atoms with van der Waals surface area (Å²) in [5, 5.41) is 6.35. The zero-order valence-corrected chi connectivity index (χ0v) is 19.0. The highest BCUT2D eigenvalue weighted by Crippen LogP contribution is 2.27. The van der Waals surface area contributed by atoms with Crippen LogP contribution < -0.4 is 15.5 Å². The molecule has 3 amide bonds. The van der Waals surface area contributed by atoms with E-state index in [0.29, 0.717) is 41.7 Å². The van der Waals surface area contributed by atoms with Crippen LogP contribution in [0.15, 0.2) is 48.5 Å². The standard InChI is InChI=1S/C24H27ClN4O4/c25-18-5-7-19(8-6-18)29-16-17(15-22(29)30)23(31)27-21-4-2-1-3-20(21)24(32)26-9-10-28-11-13-33-14-12-28/h1-8,17H,9-16H2,(H,26,32)(H,27,31)/t17-/m0/s1. The molecule has 0 saturated carbocycles. The molecule has 0 spiro atoms. The van der Waals surface area contributed by atoms with E-state index >= 15 is 0 Å². The van der Waals surface area contributed by atoms with E-state index in [1.807, 2.05) is 0 Å². The minimum absolute atomic E-state index is 0.113. The molecule has 2 N–H and O–H groups in total. The third kappa shape index (κ3) is 5.90. The Hall–Kier alpha value is -2.94. The van der Waals surface area contributed by atoms with Crippen molar-refractivity contribution in [3.8, 4) is 0 Å². The Morgan fingerprint density at radius 1 is 1.06 bits per heavy atom. The number of morpholine rings is 1. The molecule has 8 nitrogen and oxygen atoms in total. The fourth-order valence-corrected chi connectivity index (χ4v) is 4.15. The average Bonchev–Trinajstić information content (AvgIpc) is 3.22. The first-order valence-corrected chi connectivity index (χ1v) is 11.4. The van der Waals surface area contributed by atoms with Crippen LogP contribution in [0.2, 0.25) is 5.02 Å². The van der Waals surface area contributed by atoms with Gasteiger partial charge in [-0.05, 0) is 36.4 Å². The Kier molecular flexibility index (Phi) is 7.59. The lowest BCUT2D eigenvalue weighted by Gasteiger charge is -2.26. The van der Waals surface area contributed by atoms with E-state index in [4.69, 9.17) is 16.3 Å². The topological polar surface area (TPSA) is 91.0 Å². The molecule has 1 atom stereocenters. The molecule has 0 bridgehead atoms. The second-order valence-corrected chi connectivity index (χ2v) is 8.56. The fraction of sp³-hybridized carbons (Fsp3) is 0.375. The van der Waals surface area contributed by atoms with Gasteiger partial charge in [0.15, 0.2) is 0 Å². The number of ether oxygens (including phenoxy) is 1. The number of carbonyl (C=O) groups excluding carboxylic acids is 3. The lowest BCUT2D eigenvalue weighted by molar-refractivity contribution is -0.122. The van der Waals surface area contributed by atoms with E-state index in [-0.39, 0.29) is 30.7 Å². The summed E-state index contributed by atoms with van der Waals surface area (Å²) in [6, 6.07) is 13.8. The second-order valence-electron chi connectivity index (χ2n) is 8.13. The van der Waals surface area contributed by atoms with Crippen LogP contribution in [-0.4, -0.2) is 68.6 Å². The molecule has 2 aliphatic rings. The molecular weight excluding hydrogens is 444 g/mol. The summed E-state index contributed by atoms with van der Waals surface area (Å²) < 4.78 is 5.34. The maximum atomic E-state index is 12.9. The van der Waals surface area contributed by atoms with E-state index in [9.17, 15) is 14.4 Å². The van der Waals surface area contributed by atoms with E-state index in [2.05, 4.69) is 15.5 Å². The van der Waals surface area contributed by atoms with Crippen molar-refractivity contribution in [3.05, 3.63) is 59.1 Å². The number of halogens is 1. The van der Waals surface area contributed by atoms with Crippen LogP contribution in [0.25, 0.3) is 0 Å². The maximum absolute atomic E-state index is 12.9. The maximum Gasteiger partial charge on any atom is 0.253 e. The normalized spacial score (nSPS) is 18.9. The molecule has 2 heterocycles. The summed E-state index contributed by atoms with van der Waals surface area (Å²) in [6.45, 7) is 4.66. The Morgan fingerprint density at radius 2 is 1.79 bits per heavy atom. The third-order valence-electron chi connectivity index (χ3n) is 5.88. The van der Waals surface area contributed by atoms with Gasteiger partial charge in [-0.3, -0.25) is 19.3 Å². The van der Waals surface area contributed by atoms with Crippen LogP contribution in [-0.2, 0) is 14.3 Å². The van der Waals surface area contributed by atoms with Crippen molar-refractivity contribution in [1.82, 2.24) is 10.2 Å². The predicted molar refractivity (Wildman–Crippen MR) is 127 cm³/mol. The molecule has 2 aliphatic heterocycles. The minimum atomic E-state index is -0.509. The van der Waals surface area contributed by atoms with Gasteiger partial charge >= 0.3 is 0 Å². The smallest absolute Gasteiger partial charge is 0.253 e. The quantitative estimate of drug-likeness (QED) is 0.648. The van der Waals surface area contributed by atoms with Gasteiger partial charge in [-0.25, -0.2) is 0 Å². The molecule has 9 heteroatoms. The Labute approximate surface area is 197 Å². The number of hydrogen-bond acceptors (Lipinski definition) is 5. The predicted octanol–water partition coefficient (Wildman–Crippen LogP) is 2.39. The average molecular weight is 471 g/mol. The molecule has 0 unspecified atom stereocenters. The van der Waals surface area contributed by atoms with Crippen LogP contribution in [0.3, 0.4) is 0 Å². The van der Waals surface area contributed by atoms with Gasteiger partial charge in [-0.2, -0.15) is 0 Å². The van der Waals surface area contributed by atoms with Gasteiger partial charge in [0.25, 0.3) is 5.91 Å². The van der Waals surface area contributed by atoms with Crippen molar-refractivity contribution in [2.75, 3.05) is 56.2 Å². The number of nitrogens with one attached hydrogen (secondary N) is 2. The number of carbonyl (C=O) groups is 3. The van der Waals surface area contributed by atoms with Gasteiger partial charge in [0.2, 0.25) is 11.8 Å². The highest BCUT2D eigenvalue weighted by Gasteiger charge is 2.35. The first-order valence-electron chi connectivity index (χ1n) is 11.1. The fourth-order valence-electron chi connectivity index (χ4n) is 4.03. The first-order chi connectivity index (χ1) is 16.0. The van der Waals surface area contributed by atoms with Crippen molar-refractivity contribution < 1.29 is 19.1 Å². The summed E-state index contributed by atoms with van der Waals surface area (Å²) in [5.74, 6) is -1.16. The zero-order valence-electron chi connectivity index (χ0n) is 18.3. The Bertz CT molecular complexity index is 1010. The summed E-state index contributed by atoms with van der Waals surface area (Å²) in [5.41, 5.74) is 1.54. The van der Waals surface area contributed by atoms with Gasteiger partial charge < -0.3 is 20.3 Å². The van der Waals surface area contributed by atoms with Gasteiger partial charge in [-0.15, -0.1) is 0 Å². The van der Waals surface area contributed by atoms with Crippen LogP contribution in [0.5, 0.6) is 0 Å². The van der Waals surface area contributed by atoms with E-state index in [1.165, 1.54) is 0 Å². The number of anilines is 2. The van der Waals surface area contributed by atoms with Crippen molar-refractivity contribution >= 4 is 40.7 Å². The Morgan fingerprint density at radius 3 is 2.55 bits per heavy atom. The summed E-state index contributed by atoms with van der Waals surface area (Å²) in [7, 11) is 0. The molecule has 4 rings (SSSR count). The number of rotatable bonds is 7. The van der Waals surface area contributed by atoms with Gasteiger partial charge in [-0.1, -0.05) is 23.7 Å². The highest BCUT2D eigenvalue weighted by molar-refractivity contribution is 6.30. The van der Waals surface area contributed by atoms with E-state index in [1.54, 1.807) is 53.4 Å². The van der Waals surface area contributed by atoms with Gasteiger partial charge in [0.1, 0.15) is 0 Å². The number of hydrogen-bond donors (Lipinski definition) is 2. The minimum Gasteiger partial charge on any atom is -0.379 e. The molecule has 2 fully saturated rings. The van der Waals surface area contributed by atoms with Crippen molar-refractivity contribution in [2.24, 2.45) is 5.92 Å². The Balaban J connectivity index is 1.35. The lowest BCUT2D eigenvalue weighted by atomic mass is 10.1. The molecule has 2 aromatic carbocycles. The number of benzene rings is 2. The summed E-state index contributed by atoms with van der Waals surface area (Å²) >= 11 is 5.93. The van der Waals surface area contributed by atoms with Crippen molar-refractivity contribution in [3.63, 3.8) is 0 Å². The molecule has 0 aliphatic carbocycles. The molecular formula is C24H27ClN4O4. The van der Waals surface area contributed by atoms with Gasteiger partial charge in [0, 0.05) is 49.9 Å². The van der Waals surface area contributed by atoms with Crippen LogP contribution >= 0.6 is 11.6 Å². The SMILES string of the molecule is O=C(NCCN1CCOCC1)c1ccccc1NC(=O)[C@H]1CC(=O)N(c2ccc(Cl)cc2)C1. The number of amides is 3. The van der Waals surface area contributed by atoms with Crippen LogP contribution in [0, 0.1) is 5.92 Å².